The monoisotopic (exact) mass is 479 g/mol. The first kappa shape index (κ1) is 33.2. The highest BCUT2D eigenvalue weighted by Gasteiger charge is 2.19. The van der Waals surface area contributed by atoms with Gasteiger partial charge in [0.05, 0.1) is 6.61 Å². The van der Waals surface area contributed by atoms with Crippen LogP contribution in [0.3, 0.4) is 0 Å². The molecule has 0 bridgehead atoms. The van der Waals surface area contributed by atoms with E-state index in [4.69, 9.17) is 4.74 Å². The van der Waals surface area contributed by atoms with Crippen molar-refractivity contribution < 1.29 is 9.53 Å². The number of ether oxygens (including phenoxy) is 1. The summed E-state index contributed by atoms with van der Waals surface area (Å²) in [5.41, 5.74) is -0.00557. The molecule has 1 amide bonds. The van der Waals surface area contributed by atoms with Crippen LogP contribution in [0.4, 0.5) is 0 Å². The van der Waals surface area contributed by atoms with E-state index in [0.29, 0.717) is 25.5 Å². The number of allylic oxidation sites excluding steroid dienone is 2. The Morgan fingerprint density at radius 3 is 1.74 bits per heavy atom. The van der Waals surface area contributed by atoms with Gasteiger partial charge < -0.3 is 10.1 Å². The van der Waals surface area contributed by atoms with Crippen molar-refractivity contribution in [1.29, 1.82) is 0 Å². The highest BCUT2D eigenvalue weighted by atomic mass is 16.5. The van der Waals surface area contributed by atoms with Crippen LogP contribution >= 0.6 is 0 Å². The van der Waals surface area contributed by atoms with Crippen molar-refractivity contribution in [3.8, 4) is 0 Å². The standard InChI is InChI=1S/C31H61NO2/c1-6-7-8-9-10-11-12-13-14-15-16-17-18-19-20-21-22-23-24-25-30(33)32-27-31(4,5)28-34-26-29(2)3/h13-14,29H,6-12,15-28H2,1-5H3,(H,32,33)/b14-13-. The summed E-state index contributed by atoms with van der Waals surface area (Å²) < 4.78 is 5.74. The Bertz CT molecular complexity index is 470. The van der Waals surface area contributed by atoms with Crippen molar-refractivity contribution >= 4 is 5.91 Å². The van der Waals surface area contributed by atoms with Gasteiger partial charge in [-0.25, -0.2) is 0 Å². The summed E-state index contributed by atoms with van der Waals surface area (Å²) in [6.45, 7) is 13.1. The van der Waals surface area contributed by atoms with Gasteiger partial charge >= 0.3 is 0 Å². The number of carbonyl (C=O) groups excluding carboxylic acids is 1. The molecular formula is C31H61NO2. The van der Waals surface area contributed by atoms with Crippen LogP contribution in [0.5, 0.6) is 0 Å². The molecule has 0 aromatic heterocycles. The summed E-state index contributed by atoms with van der Waals surface area (Å²) in [5.74, 6) is 0.746. The summed E-state index contributed by atoms with van der Waals surface area (Å²) in [6.07, 6.45) is 28.0. The van der Waals surface area contributed by atoms with E-state index in [-0.39, 0.29) is 11.3 Å². The van der Waals surface area contributed by atoms with E-state index < -0.39 is 0 Å². The Morgan fingerprint density at radius 2 is 1.24 bits per heavy atom. The van der Waals surface area contributed by atoms with Crippen LogP contribution in [0.25, 0.3) is 0 Å². The van der Waals surface area contributed by atoms with Gasteiger partial charge in [-0.15, -0.1) is 0 Å². The smallest absolute Gasteiger partial charge is 0.220 e. The minimum Gasteiger partial charge on any atom is -0.381 e. The molecule has 0 aliphatic carbocycles. The molecule has 0 saturated heterocycles. The molecule has 0 radical (unpaired) electrons. The lowest BCUT2D eigenvalue weighted by Crippen LogP contribution is -2.36. The molecule has 1 N–H and O–H groups in total. The maximum absolute atomic E-state index is 12.1. The predicted octanol–water partition coefficient (Wildman–Crippen LogP) is 9.40. The van der Waals surface area contributed by atoms with Crippen LogP contribution in [0.15, 0.2) is 12.2 Å². The second-order valence-electron chi connectivity index (χ2n) is 11.6. The van der Waals surface area contributed by atoms with Crippen molar-refractivity contribution in [1.82, 2.24) is 5.32 Å². The Hall–Kier alpha value is -0.830. The third kappa shape index (κ3) is 25.8. The van der Waals surface area contributed by atoms with Gasteiger partial charge in [0.15, 0.2) is 0 Å². The third-order valence-corrected chi connectivity index (χ3v) is 6.37. The SMILES string of the molecule is CCCCCCCC/C=C\CCCCCCCCCCCC(=O)NCC(C)(C)COCC(C)C. The number of unbranched alkanes of at least 4 members (excludes halogenated alkanes) is 15. The lowest BCUT2D eigenvalue weighted by molar-refractivity contribution is -0.121. The quantitative estimate of drug-likeness (QED) is 0.105. The minimum absolute atomic E-state index is 0.00557. The maximum atomic E-state index is 12.1. The molecule has 0 aromatic carbocycles. The predicted molar refractivity (Wildman–Crippen MR) is 150 cm³/mol. The van der Waals surface area contributed by atoms with Crippen molar-refractivity contribution in [2.45, 2.75) is 150 Å². The van der Waals surface area contributed by atoms with Crippen molar-refractivity contribution in [3.63, 3.8) is 0 Å². The molecule has 202 valence electrons. The van der Waals surface area contributed by atoms with E-state index in [1.165, 1.54) is 103 Å². The number of nitrogens with one attached hydrogen (secondary N) is 1. The first-order valence-corrected chi connectivity index (χ1v) is 14.9. The van der Waals surface area contributed by atoms with E-state index in [1.807, 2.05) is 0 Å². The first-order valence-electron chi connectivity index (χ1n) is 14.9. The molecule has 3 nitrogen and oxygen atoms in total. The van der Waals surface area contributed by atoms with Gasteiger partial charge in [0, 0.05) is 25.0 Å². The fourth-order valence-corrected chi connectivity index (χ4v) is 4.11. The molecule has 0 atom stereocenters. The molecule has 3 heteroatoms. The van der Waals surface area contributed by atoms with Crippen LogP contribution in [0, 0.1) is 11.3 Å². The highest BCUT2D eigenvalue weighted by molar-refractivity contribution is 5.75. The second kappa shape index (κ2) is 23.9. The number of carbonyl (C=O) groups is 1. The zero-order chi connectivity index (χ0) is 25.3. The van der Waals surface area contributed by atoms with Gasteiger partial charge in [0.25, 0.3) is 0 Å². The number of amides is 1. The van der Waals surface area contributed by atoms with Crippen molar-refractivity contribution in [2.75, 3.05) is 19.8 Å². The maximum Gasteiger partial charge on any atom is 0.220 e. The van der Waals surface area contributed by atoms with Gasteiger partial charge in [0.2, 0.25) is 5.91 Å². The van der Waals surface area contributed by atoms with E-state index >= 15 is 0 Å². The Balaban J connectivity index is 3.36. The van der Waals surface area contributed by atoms with E-state index in [9.17, 15) is 4.79 Å². The Labute approximate surface area is 214 Å². The second-order valence-corrected chi connectivity index (χ2v) is 11.6. The first-order chi connectivity index (χ1) is 16.4. The number of hydrogen-bond donors (Lipinski definition) is 1. The lowest BCUT2D eigenvalue weighted by atomic mass is 9.94. The number of hydrogen-bond acceptors (Lipinski definition) is 2. The Kier molecular flexibility index (Phi) is 23.3. The van der Waals surface area contributed by atoms with Crippen LogP contribution in [0.2, 0.25) is 0 Å². The summed E-state index contributed by atoms with van der Waals surface area (Å²) >= 11 is 0. The van der Waals surface area contributed by atoms with Crippen LogP contribution < -0.4 is 5.32 Å². The fourth-order valence-electron chi connectivity index (χ4n) is 4.11. The highest BCUT2D eigenvalue weighted by Crippen LogP contribution is 2.15. The summed E-state index contributed by atoms with van der Waals surface area (Å²) in [4.78, 5) is 12.1. The molecule has 0 unspecified atom stereocenters. The largest absolute Gasteiger partial charge is 0.381 e. The lowest BCUT2D eigenvalue weighted by Gasteiger charge is -2.25. The summed E-state index contributed by atoms with van der Waals surface area (Å²) in [7, 11) is 0. The van der Waals surface area contributed by atoms with Crippen LogP contribution in [0.1, 0.15) is 150 Å². The van der Waals surface area contributed by atoms with Gasteiger partial charge in [-0.1, -0.05) is 124 Å². The Morgan fingerprint density at radius 1 is 0.765 bits per heavy atom. The molecule has 0 aliphatic heterocycles. The van der Waals surface area contributed by atoms with E-state index in [1.54, 1.807) is 0 Å². The fraction of sp³-hybridized carbons (Fsp3) is 0.903. The average molecular weight is 480 g/mol. The van der Waals surface area contributed by atoms with Gasteiger partial charge in [0.1, 0.15) is 0 Å². The van der Waals surface area contributed by atoms with Crippen molar-refractivity contribution in [2.24, 2.45) is 11.3 Å². The normalized spacial score (nSPS) is 12.2. The van der Waals surface area contributed by atoms with Crippen molar-refractivity contribution in [3.05, 3.63) is 12.2 Å². The molecule has 0 fully saturated rings. The van der Waals surface area contributed by atoms with Gasteiger partial charge in [-0.2, -0.15) is 0 Å². The average Bonchev–Trinajstić information content (AvgIpc) is 2.79. The van der Waals surface area contributed by atoms with E-state index in [0.717, 1.165) is 13.0 Å². The van der Waals surface area contributed by atoms with Gasteiger partial charge in [-0.3, -0.25) is 4.79 Å². The zero-order valence-electron chi connectivity index (χ0n) is 23.9. The van der Waals surface area contributed by atoms with Crippen LogP contribution in [-0.4, -0.2) is 25.7 Å². The molecule has 0 aliphatic rings. The molecule has 34 heavy (non-hydrogen) atoms. The van der Waals surface area contributed by atoms with Crippen LogP contribution in [-0.2, 0) is 9.53 Å². The summed E-state index contributed by atoms with van der Waals surface area (Å²) in [5, 5.41) is 3.10. The van der Waals surface area contributed by atoms with Gasteiger partial charge in [-0.05, 0) is 38.0 Å². The molecule has 0 saturated carbocycles. The third-order valence-electron chi connectivity index (χ3n) is 6.37. The zero-order valence-corrected chi connectivity index (χ0v) is 23.9. The molecule has 0 rings (SSSR count). The molecule has 0 heterocycles. The number of rotatable bonds is 25. The molecule has 0 spiro atoms. The topological polar surface area (TPSA) is 38.3 Å². The molecular weight excluding hydrogens is 418 g/mol. The summed E-state index contributed by atoms with van der Waals surface area (Å²) in [6, 6.07) is 0. The molecule has 0 aromatic rings. The minimum atomic E-state index is -0.00557. The van der Waals surface area contributed by atoms with E-state index in [2.05, 4.69) is 52.1 Å².